The monoisotopic (exact) mass is 454 g/mol. The highest BCUT2D eigenvalue weighted by Crippen LogP contribution is 2.37. The zero-order valence-electron chi connectivity index (χ0n) is 14.9. The van der Waals surface area contributed by atoms with Crippen LogP contribution >= 0.6 is 27.7 Å². The zero-order valence-corrected chi connectivity index (χ0v) is 17.3. The molecule has 0 saturated carbocycles. The van der Waals surface area contributed by atoms with E-state index < -0.39 is 11.9 Å². The molecule has 0 spiro atoms. The summed E-state index contributed by atoms with van der Waals surface area (Å²) in [4.78, 5) is 18.3. The second-order valence-corrected chi connectivity index (χ2v) is 8.00. The molecule has 5 nitrogen and oxygen atoms in total. The molecule has 0 saturated heterocycles. The molecule has 0 aromatic heterocycles. The van der Waals surface area contributed by atoms with Gasteiger partial charge in [0.2, 0.25) is 0 Å². The number of nitrogen functional groups attached to an aromatic ring is 1. The fourth-order valence-electron chi connectivity index (χ4n) is 2.54. The zero-order chi connectivity index (χ0) is 20.1. The fraction of sp³-hybridized carbons (Fsp3) is 0.0476. The summed E-state index contributed by atoms with van der Waals surface area (Å²) in [5.41, 5.74) is 20.2. The molecule has 142 valence electrons. The maximum Gasteiger partial charge on any atom is 0.269 e. The van der Waals surface area contributed by atoms with E-state index in [9.17, 15) is 4.79 Å². The maximum atomic E-state index is 12.6. The van der Waals surface area contributed by atoms with Gasteiger partial charge in [0, 0.05) is 25.5 Å². The topological polar surface area (TPSA) is 107 Å². The first-order chi connectivity index (χ1) is 13.5. The Balaban J connectivity index is 1.87. The lowest BCUT2D eigenvalue weighted by Crippen LogP contribution is -2.24. The first-order valence-electron chi connectivity index (χ1n) is 8.46. The van der Waals surface area contributed by atoms with E-state index in [0.717, 1.165) is 14.3 Å². The molecule has 1 amide bonds. The molecule has 0 aliphatic rings. The molecule has 0 aliphatic heterocycles. The molecule has 7 heteroatoms. The van der Waals surface area contributed by atoms with Crippen LogP contribution in [0.3, 0.4) is 0 Å². The highest BCUT2D eigenvalue weighted by Gasteiger charge is 2.20. The summed E-state index contributed by atoms with van der Waals surface area (Å²) < 4.78 is 0.919. The quantitative estimate of drug-likeness (QED) is 0.305. The fourth-order valence-corrected chi connectivity index (χ4v) is 4.12. The van der Waals surface area contributed by atoms with Crippen molar-refractivity contribution in [2.24, 2.45) is 16.5 Å². The van der Waals surface area contributed by atoms with Crippen LogP contribution in [0.5, 0.6) is 0 Å². The van der Waals surface area contributed by atoms with E-state index in [4.69, 9.17) is 17.2 Å². The summed E-state index contributed by atoms with van der Waals surface area (Å²) in [5.74, 6) is -0.362. The molecule has 1 unspecified atom stereocenters. The van der Waals surface area contributed by atoms with Crippen molar-refractivity contribution >= 4 is 45.1 Å². The predicted molar refractivity (Wildman–Crippen MR) is 118 cm³/mol. The summed E-state index contributed by atoms with van der Waals surface area (Å²) >= 11 is 4.90. The summed E-state index contributed by atoms with van der Waals surface area (Å²) in [7, 11) is 0. The second kappa shape index (κ2) is 9.05. The minimum Gasteiger partial charge on any atom is -0.398 e. The minimum absolute atomic E-state index is 0.141. The van der Waals surface area contributed by atoms with Crippen molar-refractivity contribution in [2.75, 3.05) is 5.73 Å². The highest BCUT2D eigenvalue weighted by atomic mass is 79.9. The smallest absolute Gasteiger partial charge is 0.269 e. The Morgan fingerprint density at radius 3 is 2.39 bits per heavy atom. The van der Waals surface area contributed by atoms with Crippen LogP contribution in [0.15, 0.2) is 92.1 Å². The number of anilines is 1. The lowest BCUT2D eigenvalue weighted by molar-refractivity contribution is -0.119. The van der Waals surface area contributed by atoms with Crippen LogP contribution in [-0.2, 0) is 4.79 Å². The number of rotatable bonds is 5. The van der Waals surface area contributed by atoms with E-state index in [2.05, 4.69) is 20.9 Å². The third-order valence-electron chi connectivity index (χ3n) is 4.02. The normalized spacial score (nSPS) is 12.6. The van der Waals surface area contributed by atoms with Crippen molar-refractivity contribution in [3.8, 4) is 0 Å². The van der Waals surface area contributed by atoms with Gasteiger partial charge in [-0.05, 0) is 29.8 Å². The Kier molecular flexibility index (Phi) is 6.51. The average molecular weight is 455 g/mol. The molecule has 0 aliphatic carbocycles. The van der Waals surface area contributed by atoms with Gasteiger partial charge in [-0.2, -0.15) is 4.99 Å². The number of nitrogens with zero attached hydrogens (tertiary/aromatic N) is 1. The van der Waals surface area contributed by atoms with Crippen molar-refractivity contribution in [3.05, 3.63) is 88.4 Å². The number of carbonyl (C=O) groups is 1. The number of amides is 1. The Hall–Kier alpha value is -2.61. The van der Waals surface area contributed by atoms with Gasteiger partial charge in [0.25, 0.3) is 5.91 Å². The van der Waals surface area contributed by atoms with Crippen LogP contribution in [0.2, 0.25) is 0 Å². The van der Waals surface area contributed by atoms with Gasteiger partial charge in [-0.3, -0.25) is 4.79 Å². The molecule has 3 aromatic carbocycles. The second-order valence-electron chi connectivity index (χ2n) is 6.00. The van der Waals surface area contributed by atoms with Crippen LogP contribution in [-0.4, -0.2) is 11.7 Å². The summed E-state index contributed by atoms with van der Waals surface area (Å²) in [6.07, 6.45) is 0. The largest absolute Gasteiger partial charge is 0.398 e. The van der Waals surface area contributed by atoms with Crippen molar-refractivity contribution < 1.29 is 4.79 Å². The summed E-state index contributed by atoms with van der Waals surface area (Å²) in [6.45, 7) is 0. The molecule has 1 atom stereocenters. The van der Waals surface area contributed by atoms with Gasteiger partial charge in [0.15, 0.2) is 0 Å². The third kappa shape index (κ3) is 4.81. The molecule has 0 fully saturated rings. The molecular formula is C21H19BrN4OS. The van der Waals surface area contributed by atoms with E-state index in [0.29, 0.717) is 16.8 Å². The van der Waals surface area contributed by atoms with Crippen molar-refractivity contribution in [1.29, 1.82) is 0 Å². The van der Waals surface area contributed by atoms with E-state index in [1.807, 2.05) is 60.7 Å². The van der Waals surface area contributed by atoms with Gasteiger partial charge in [-0.15, -0.1) is 0 Å². The maximum absolute atomic E-state index is 12.6. The number of aliphatic imine (C=N–C) groups is 1. The highest BCUT2D eigenvalue weighted by molar-refractivity contribution is 9.10. The van der Waals surface area contributed by atoms with Crippen molar-refractivity contribution in [2.45, 2.75) is 15.8 Å². The van der Waals surface area contributed by atoms with Gasteiger partial charge < -0.3 is 17.2 Å². The lowest BCUT2D eigenvalue weighted by Gasteiger charge is -2.14. The van der Waals surface area contributed by atoms with Crippen LogP contribution < -0.4 is 17.2 Å². The van der Waals surface area contributed by atoms with Crippen molar-refractivity contribution in [3.63, 3.8) is 0 Å². The Morgan fingerprint density at radius 2 is 1.64 bits per heavy atom. The first-order valence-corrected chi connectivity index (χ1v) is 10.1. The number of nitrogens with two attached hydrogens (primary N) is 3. The Morgan fingerprint density at radius 1 is 0.964 bits per heavy atom. The number of benzene rings is 3. The van der Waals surface area contributed by atoms with E-state index in [-0.39, 0.29) is 5.84 Å². The van der Waals surface area contributed by atoms with Crippen LogP contribution in [0.25, 0.3) is 0 Å². The molecule has 0 heterocycles. The van der Waals surface area contributed by atoms with Gasteiger partial charge in [0.1, 0.15) is 11.9 Å². The Bertz CT molecular complexity index is 1020. The molecule has 3 rings (SSSR count). The first kappa shape index (κ1) is 20.1. The number of hydrogen-bond acceptors (Lipinski definition) is 4. The molecule has 0 radical (unpaired) electrons. The number of amidine groups is 1. The molecule has 28 heavy (non-hydrogen) atoms. The molecule has 3 aromatic rings. The van der Waals surface area contributed by atoms with Crippen LogP contribution in [0.1, 0.15) is 17.2 Å². The van der Waals surface area contributed by atoms with Crippen LogP contribution in [0.4, 0.5) is 5.69 Å². The molecular weight excluding hydrogens is 436 g/mol. The lowest BCUT2D eigenvalue weighted by atomic mass is 10.1. The van der Waals surface area contributed by atoms with Gasteiger partial charge in [-0.1, -0.05) is 76.2 Å². The standard InChI is InChI=1S/C21H19BrN4OS/c22-14-10-11-16(23)18(12-14)28-17-9-5-4-8-15(17)19(24)21(27)26-20(25)13-6-2-1-3-7-13/h1-12,19H,23-24H2,(H2,25,26,27). The summed E-state index contributed by atoms with van der Waals surface area (Å²) in [6, 6.07) is 21.2. The van der Waals surface area contributed by atoms with E-state index in [1.54, 1.807) is 12.1 Å². The number of carbonyl (C=O) groups excluding carboxylic acids is 1. The van der Waals surface area contributed by atoms with Crippen molar-refractivity contribution in [1.82, 2.24) is 0 Å². The van der Waals surface area contributed by atoms with Gasteiger partial charge in [-0.25, -0.2) is 0 Å². The van der Waals surface area contributed by atoms with Gasteiger partial charge >= 0.3 is 0 Å². The average Bonchev–Trinajstić information content (AvgIpc) is 2.71. The molecule has 6 N–H and O–H groups in total. The number of halogens is 1. The predicted octanol–water partition coefficient (Wildman–Crippen LogP) is 4.11. The molecule has 0 bridgehead atoms. The summed E-state index contributed by atoms with van der Waals surface area (Å²) in [5, 5.41) is 0. The number of hydrogen-bond donors (Lipinski definition) is 3. The van der Waals surface area contributed by atoms with Crippen LogP contribution in [0, 0.1) is 0 Å². The minimum atomic E-state index is -0.931. The van der Waals surface area contributed by atoms with E-state index in [1.165, 1.54) is 11.8 Å². The third-order valence-corrected chi connectivity index (χ3v) is 5.67. The van der Waals surface area contributed by atoms with E-state index >= 15 is 0 Å². The van der Waals surface area contributed by atoms with Gasteiger partial charge in [0.05, 0.1) is 0 Å². The SMILES string of the molecule is NC(=NC(=O)C(N)c1ccccc1Sc1cc(Br)ccc1N)c1ccccc1. The Labute approximate surface area is 176 Å².